The standard InChI is InChI=1S/C11H22N2O2/c1-3-11(2,8-12)15-7-6-10(14)13-9-4-5-9/h9H,3-8,12H2,1-2H3,(H,13,14). The van der Waals surface area contributed by atoms with E-state index in [1.54, 1.807) is 0 Å². The summed E-state index contributed by atoms with van der Waals surface area (Å²) in [6.07, 6.45) is 3.56. The maximum Gasteiger partial charge on any atom is 0.222 e. The molecule has 1 unspecified atom stereocenters. The van der Waals surface area contributed by atoms with Gasteiger partial charge in [-0.2, -0.15) is 0 Å². The van der Waals surface area contributed by atoms with Crippen LogP contribution in [-0.2, 0) is 9.53 Å². The molecule has 0 heterocycles. The molecule has 1 saturated carbocycles. The molecule has 1 fully saturated rings. The fourth-order valence-electron chi connectivity index (χ4n) is 1.22. The molecule has 0 aliphatic heterocycles. The summed E-state index contributed by atoms with van der Waals surface area (Å²) in [4.78, 5) is 11.3. The van der Waals surface area contributed by atoms with Crippen LogP contribution in [-0.4, -0.2) is 30.7 Å². The van der Waals surface area contributed by atoms with Crippen LogP contribution in [0.5, 0.6) is 0 Å². The summed E-state index contributed by atoms with van der Waals surface area (Å²) >= 11 is 0. The largest absolute Gasteiger partial charge is 0.373 e. The highest BCUT2D eigenvalue weighted by Gasteiger charge is 2.24. The Morgan fingerprint density at radius 3 is 2.73 bits per heavy atom. The van der Waals surface area contributed by atoms with Crippen LogP contribution in [0.3, 0.4) is 0 Å². The lowest BCUT2D eigenvalue weighted by Gasteiger charge is -2.26. The molecule has 1 rings (SSSR count). The molecule has 1 aliphatic carbocycles. The van der Waals surface area contributed by atoms with Gasteiger partial charge < -0.3 is 15.8 Å². The number of ether oxygens (including phenoxy) is 1. The van der Waals surface area contributed by atoms with Crippen molar-refractivity contribution in [2.45, 2.75) is 51.2 Å². The first-order valence-electron chi connectivity index (χ1n) is 5.73. The third-order valence-electron chi connectivity index (χ3n) is 2.90. The van der Waals surface area contributed by atoms with Gasteiger partial charge in [-0.1, -0.05) is 6.92 Å². The number of amides is 1. The van der Waals surface area contributed by atoms with Crippen molar-refractivity contribution in [1.29, 1.82) is 0 Å². The van der Waals surface area contributed by atoms with Crippen LogP contribution in [0, 0.1) is 0 Å². The van der Waals surface area contributed by atoms with E-state index in [1.807, 2.05) is 13.8 Å². The summed E-state index contributed by atoms with van der Waals surface area (Å²) in [6.45, 7) is 4.97. The van der Waals surface area contributed by atoms with Crippen LogP contribution >= 0.6 is 0 Å². The van der Waals surface area contributed by atoms with E-state index in [4.69, 9.17) is 10.5 Å². The lowest BCUT2D eigenvalue weighted by molar-refractivity contribution is -0.123. The number of rotatable bonds is 7. The van der Waals surface area contributed by atoms with Crippen LogP contribution in [0.25, 0.3) is 0 Å². The van der Waals surface area contributed by atoms with E-state index in [0.29, 0.717) is 25.6 Å². The highest BCUT2D eigenvalue weighted by Crippen LogP contribution is 2.18. The number of hydrogen-bond acceptors (Lipinski definition) is 3. The van der Waals surface area contributed by atoms with E-state index in [9.17, 15) is 4.79 Å². The zero-order chi connectivity index (χ0) is 11.3. The van der Waals surface area contributed by atoms with Crippen molar-refractivity contribution in [2.24, 2.45) is 5.73 Å². The average molecular weight is 214 g/mol. The number of hydrogen-bond donors (Lipinski definition) is 2. The van der Waals surface area contributed by atoms with Gasteiger partial charge in [-0.15, -0.1) is 0 Å². The predicted molar refractivity (Wildman–Crippen MR) is 59.5 cm³/mol. The summed E-state index contributed by atoms with van der Waals surface area (Å²) in [6, 6.07) is 0.435. The molecule has 1 amide bonds. The maximum absolute atomic E-state index is 11.3. The minimum Gasteiger partial charge on any atom is -0.373 e. The van der Waals surface area contributed by atoms with Crippen molar-refractivity contribution in [3.8, 4) is 0 Å². The molecular formula is C11H22N2O2. The second-order valence-corrected chi connectivity index (χ2v) is 4.45. The maximum atomic E-state index is 11.3. The first-order valence-corrected chi connectivity index (χ1v) is 5.73. The molecule has 1 atom stereocenters. The molecule has 0 aromatic heterocycles. The molecule has 0 aromatic rings. The molecule has 88 valence electrons. The minimum atomic E-state index is -0.278. The highest BCUT2D eigenvalue weighted by atomic mass is 16.5. The predicted octanol–water partition coefficient (Wildman–Crippen LogP) is 0.799. The first kappa shape index (κ1) is 12.5. The molecule has 4 heteroatoms. The molecule has 0 spiro atoms. The summed E-state index contributed by atoms with van der Waals surface area (Å²) in [5.74, 6) is 0.0907. The van der Waals surface area contributed by atoms with Gasteiger partial charge in [0.1, 0.15) is 0 Å². The third kappa shape index (κ3) is 4.62. The molecule has 1 aliphatic rings. The molecule has 3 N–H and O–H groups in total. The lowest BCUT2D eigenvalue weighted by Crippen LogP contribution is -2.38. The van der Waals surface area contributed by atoms with Gasteiger partial charge in [-0.3, -0.25) is 4.79 Å². The van der Waals surface area contributed by atoms with E-state index < -0.39 is 0 Å². The quantitative estimate of drug-likeness (QED) is 0.659. The van der Waals surface area contributed by atoms with Gasteiger partial charge in [0.25, 0.3) is 0 Å². The van der Waals surface area contributed by atoms with Crippen molar-refractivity contribution in [2.75, 3.05) is 13.2 Å². The number of nitrogens with two attached hydrogens (primary N) is 1. The molecule has 15 heavy (non-hydrogen) atoms. The summed E-state index contributed by atoms with van der Waals surface area (Å²) in [7, 11) is 0. The Morgan fingerprint density at radius 2 is 2.27 bits per heavy atom. The van der Waals surface area contributed by atoms with Crippen molar-refractivity contribution in [3.63, 3.8) is 0 Å². The van der Waals surface area contributed by atoms with Crippen molar-refractivity contribution >= 4 is 5.91 Å². The SMILES string of the molecule is CCC(C)(CN)OCCC(=O)NC1CC1. The second kappa shape index (κ2) is 5.47. The Bertz CT molecular complexity index is 211. The lowest BCUT2D eigenvalue weighted by atomic mass is 10.0. The van der Waals surface area contributed by atoms with Gasteiger partial charge >= 0.3 is 0 Å². The van der Waals surface area contributed by atoms with E-state index in [2.05, 4.69) is 5.32 Å². The average Bonchev–Trinajstić information content (AvgIpc) is 3.01. The van der Waals surface area contributed by atoms with Crippen LogP contribution in [0.1, 0.15) is 39.5 Å². The number of carbonyl (C=O) groups excluding carboxylic acids is 1. The Kier molecular flexibility index (Phi) is 4.54. The van der Waals surface area contributed by atoms with E-state index >= 15 is 0 Å². The van der Waals surface area contributed by atoms with Crippen LogP contribution in [0.15, 0.2) is 0 Å². The van der Waals surface area contributed by atoms with Gasteiger partial charge in [0, 0.05) is 19.0 Å². The Labute approximate surface area is 91.5 Å². The van der Waals surface area contributed by atoms with Gasteiger partial charge in [-0.25, -0.2) is 0 Å². The first-order chi connectivity index (χ1) is 7.09. The highest BCUT2D eigenvalue weighted by molar-refractivity contribution is 5.76. The van der Waals surface area contributed by atoms with Gasteiger partial charge in [0.2, 0.25) is 5.91 Å². The fraction of sp³-hybridized carbons (Fsp3) is 0.909. The van der Waals surface area contributed by atoms with Crippen LogP contribution in [0.4, 0.5) is 0 Å². The monoisotopic (exact) mass is 214 g/mol. The summed E-state index contributed by atoms with van der Waals surface area (Å²) in [5.41, 5.74) is 5.32. The Balaban J connectivity index is 2.10. The van der Waals surface area contributed by atoms with Crippen LogP contribution in [0.2, 0.25) is 0 Å². The normalized spacial score (nSPS) is 19.7. The molecule has 0 bridgehead atoms. The van der Waals surface area contributed by atoms with Crippen LogP contribution < -0.4 is 11.1 Å². The van der Waals surface area contributed by atoms with E-state index in [-0.39, 0.29) is 11.5 Å². The summed E-state index contributed by atoms with van der Waals surface area (Å²) < 4.78 is 5.61. The molecule has 0 saturated heterocycles. The Morgan fingerprint density at radius 1 is 1.60 bits per heavy atom. The van der Waals surface area contributed by atoms with E-state index in [0.717, 1.165) is 19.3 Å². The molecule has 0 aromatic carbocycles. The molecule has 0 radical (unpaired) electrons. The third-order valence-corrected chi connectivity index (χ3v) is 2.90. The molecule has 4 nitrogen and oxygen atoms in total. The second-order valence-electron chi connectivity index (χ2n) is 4.45. The fourth-order valence-corrected chi connectivity index (χ4v) is 1.22. The van der Waals surface area contributed by atoms with Crippen molar-refractivity contribution in [1.82, 2.24) is 5.32 Å². The van der Waals surface area contributed by atoms with Gasteiger partial charge in [-0.05, 0) is 26.2 Å². The zero-order valence-electron chi connectivity index (χ0n) is 9.71. The zero-order valence-corrected chi connectivity index (χ0v) is 9.71. The topological polar surface area (TPSA) is 64.3 Å². The Hall–Kier alpha value is -0.610. The number of carbonyl (C=O) groups is 1. The summed E-state index contributed by atoms with van der Waals surface area (Å²) in [5, 5.41) is 2.93. The number of nitrogens with one attached hydrogen (secondary N) is 1. The van der Waals surface area contributed by atoms with Gasteiger partial charge in [0.05, 0.1) is 12.2 Å². The smallest absolute Gasteiger partial charge is 0.222 e. The van der Waals surface area contributed by atoms with Crippen molar-refractivity contribution in [3.05, 3.63) is 0 Å². The minimum absolute atomic E-state index is 0.0907. The van der Waals surface area contributed by atoms with E-state index in [1.165, 1.54) is 0 Å². The van der Waals surface area contributed by atoms with Gasteiger partial charge in [0.15, 0.2) is 0 Å². The molecular weight excluding hydrogens is 192 g/mol. The van der Waals surface area contributed by atoms with Crippen molar-refractivity contribution < 1.29 is 9.53 Å².